The lowest BCUT2D eigenvalue weighted by molar-refractivity contribution is 0.0479. The summed E-state index contributed by atoms with van der Waals surface area (Å²) in [6, 6.07) is 3.05. The van der Waals surface area contributed by atoms with E-state index in [-0.39, 0.29) is 43.7 Å². The molecule has 2 fully saturated rings. The molecule has 10 heteroatoms. The zero-order valence-electron chi connectivity index (χ0n) is 13.1. The van der Waals surface area contributed by atoms with Crippen LogP contribution in [0.15, 0.2) is 23.1 Å². The normalized spacial score (nSPS) is 23.2. The van der Waals surface area contributed by atoms with Gasteiger partial charge in [-0.05, 0) is 24.6 Å². The van der Waals surface area contributed by atoms with Crippen molar-refractivity contribution < 1.29 is 27.1 Å². The number of nitrogens with zero attached hydrogens (tertiary/aromatic N) is 1. The second kappa shape index (κ2) is 7.00. The Balaban J connectivity index is 1.76. The van der Waals surface area contributed by atoms with Crippen molar-refractivity contribution >= 4 is 39.2 Å². The minimum atomic E-state index is -3.84. The number of hydrogen-bond acceptors (Lipinski definition) is 5. The molecule has 1 heterocycles. The van der Waals surface area contributed by atoms with Gasteiger partial charge in [0.05, 0.1) is 30.3 Å². The first-order valence-corrected chi connectivity index (χ1v) is 9.84. The van der Waals surface area contributed by atoms with Gasteiger partial charge in [-0.15, -0.1) is 23.2 Å². The number of carbonyl (C=O) groups is 1. The molecule has 2 aliphatic rings. The van der Waals surface area contributed by atoms with E-state index in [2.05, 4.69) is 0 Å². The third kappa shape index (κ3) is 4.09. The molecule has 1 saturated carbocycles. The van der Waals surface area contributed by atoms with Crippen molar-refractivity contribution in [2.24, 2.45) is 5.92 Å². The Morgan fingerprint density at radius 1 is 1.36 bits per heavy atom. The number of rotatable bonds is 5. The fraction of sp³-hybridized carbons (Fsp3) is 0.533. The average Bonchev–Trinajstić information content (AvgIpc) is 3.20. The maximum atomic E-state index is 14.0. The topological polar surface area (TPSA) is 72.9 Å². The Morgan fingerprint density at radius 3 is 2.60 bits per heavy atom. The summed E-state index contributed by atoms with van der Waals surface area (Å²) >= 11 is 11.7. The Bertz CT molecular complexity index is 780. The van der Waals surface area contributed by atoms with Gasteiger partial charge in [0.25, 0.3) is 0 Å². The summed E-state index contributed by atoms with van der Waals surface area (Å²) in [5.41, 5.74) is -0.440. The highest BCUT2D eigenvalue weighted by molar-refractivity contribution is 7.89. The number of sulfonamides is 1. The van der Waals surface area contributed by atoms with Crippen LogP contribution >= 0.6 is 23.2 Å². The van der Waals surface area contributed by atoms with Gasteiger partial charge in [0.1, 0.15) is 10.2 Å². The lowest BCUT2D eigenvalue weighted by atomic mass is 10.2. The molecule has 1 atom stereocenters. The van der Waals surface area contributed by atoms with E-state index in [9.17, 15) is 17.6 Å². The van der Waals surface area contributed by atoms with Crippen LogP contribution in [0.4, 0.5) is 4.39 Å². The van der Waals surface area contributed by atoms with Crippen LogP contribution in [0.1, 0.15) is 16.8 Å². The summed E-state index contributed by atoms with van der Waals surface area (Å²) in [6.45, 7) is 0.930. The van der Waals surface area contributed by atoms with Gasteiger partial charge in [-0.25, -0.2) is 17.6 Å². The predicted octanol–water partition coefficient (Wildman–Crippen LogP) is 2.20. The standard InChI is InChI=1S/C15H16Cl2FNO5S/c16-15(17)8-10(15)9-24-14(20)12-7-11(1-2-13(12)18)25(21,22)19-3-5-23-6-4-19/h1-2,7,10H,3-6,8-9H2/t10-/m1/s1. The Labute approximate surface area is 154 Å². The Hall–Kier alpha value is -0.930. The first-order valence-electron chi connectivity index (χ1n) is 7.64. The molecule has 0 bridgehead atoms. The van der Waals surface area contributed by atoms with E-state index in [0.29, 0.717) is 6.42 Å². The summed E-state index contributed by atoms with van der Waals surface area (Å²) in [4.78, 5) is 11.9. The molecule has 0 aromatic heterocycles. The molecule has 0 radical (unpaired) electrons. The zero-order chi connectivity index (χ0) is 18.2. The molecule has 0 unspecified atom stereocenters. The van der Waals surface area contributed by atoms with Crippen molar-refractivity contribution in [3.05, 3.63) is 29.6 Å². The fourth-order valence-electron chi connectivity index (χ4n) is 2.46. The van der Waals surface area contributed by atoms with Crippen molar-refractivity contribution in [2.45, 2.75) is 15.6 Å². The molecule has 138 valence electrons. The third-order valence-corrected chi connectivity index (χ3v) is 6.96. The van der Waals surface area contributed by atoms with E-state index in [1.807, 2.05) is 0 Å². The summed E-state index contributed by atoms with van der Waals surface area (Å²) in [6.07, 6.45) is 0.483. The lowest BCUT2D eigenvalue weighted by Gasteiger charge is -2.26. The van der Waals surface area contributed by atoms with Gasteiger partial charge in [-0.2, -0.15) is 4.31 Å². The summed E-state index contributed by atoms with van der Waals surface area (Å²) in [5.74, 6) is -2.01. The van der Waals surface area contributed by atoms with Crippen molar-refractivity contribution in [1.29, 1.82) is 0 Å². The molecule has 6 nitrogen and oxygen atoms in total. The third-order valence-electron chi connectivity index (χ3n) is 4.14. The average molecular weight is 412 g/mol. The van der Waals surface area contributed by atoms with Gasteiger partial charge < -0.3 is 9.47 Å². The van der Waals surface area contributed by atoms with Crippen LogP contribution in [-0.2, 0) is 19.5 Å². The van der Waals surface area contributed by atoms with E-state index >= 15 is 0 Å². The number of morpholine rings is 1. The molecule has 0 amide bonds. The number of carbonyl (C=O) groups excluding carboxylic acids is 1. The van der Waals surface area contributed by atoms with Crippen LogP contribution in [0.5, 0.6) is 0 Å². The zero-order valence-corrected chi connectivity index (χ0v) is 15.4. The number of esters is 1. The van der Waals surface area contributed by atoms with Crippen LogP contribution < -0.4 is 0 Å². The van der Waals surface area contributed by atoms with E-state index in [1.54, 1.807) is 0 Å². The van der Waals surface area contributed by atoms with E-state index in [1.165, 1.54) is 4.31 Å². The maximum absolute atomic E-state index is 14.0. The quantitative estimate of drug-likeness (QED) is 0.548. The highest BCUT2D eigenvalue weighted by Crippen LogP contribution is 2.53. The number of halogens is 3. The largest absolute Gasteiger partial charge is 0.462 e. The first kappa shape index (κ1) is 18.8. The molecule has 3 rings (SSSR count). The highest BCUT2D eigenvalue weighted by atomic mass is 35.5. The molecule has 1 aromatic carbocycles. The molecule has 0 spiro atoms. The SMILES string of the molecule is O=C(OC[C@H]1CC1(Cl)Cl)c1cc(S(=O)(=O)N2CCOCC2)ccc1F. The molecule has 25 heavy (non-hydrogen) atoms. The Morgan fingerprint density at radius 2 is 2.00 bits per heavy atom. The van der Waals surface area contributed by atoms with E-state index < -0.39 is 31.7 Å². The molecular weight excluding hydrogens is 396 g/mol. The fourth-order valence-corrected chi connectivity index (χ4v) is 4.39. The van der Waals surface area contributed by atoms with Crippen LogP contribution in [0, 0.1) is 11.7 Å². The summed E-state index contributed by atoms with van der Waals surface area (Å²) < 4.78 is 49.6. The highest BCUT2D eigenvalue weighted by Gasteiger charge is 2.52. The molecule has 0 N–H and O–H groups in total. The number of alkyl halides is 2. The van der Waals surface area contributed by atoms with Gasteiger partial charge in [0.2, 0.25) is 10.0 Å². The molecular formula is C15H16Cl2FNO5S. The predicted molar refractivity (Wildman–Crippen MR) is 88.8 cm³/mol. The number of benzene rings is 1. The number of ether oxygens (including phenoxy) is 2. The molecule has 1 aliphatic heterocycles. The molecule has 1 aromatic rings. The maximum Gasteiger partial charge on any atom is 0.341 e. The molecule has 1 saturated heterocycles. The molecule has 1 aliphatic carbocycles. The van der Waals surface area contributed by atoms with Gasteiger partial charge in [-0.1, -0.05) is 0 Å². The van der Waals surface area contributed by atoms with Crippen LogP contribution in [0.2, 0.25) is 0 Å². The van der Waals surface area contributed by atoms with E-state index in [4.69, 9.17) is 32.7 Å². The second-order valence-corrected chi connectivity index (χ2v) is 9.40. The number of hydrogen-bond donors (Lipinski definition) is 0. The van der Waals surface area contributed by atoms with Gasteiger partial charge in [-0.3, -0.25) is 0 Å². The van der Waals surface area contributed by atoms with Crippen LogP contribution in [0.25, 0.3) is 0 Å². The lowest BCUT2D eigenvalue weighted by Crippen LogP contribution is -2.40. The van der Waals surface area contributed by atoms with Gasteiger partial charge >= 0.3 is 5.97 Å². The minimum absolute atomic E-state index is 0.0499. The Kier molecular flexibility index (Phi) is 5.28. The van der Waals surface area contributed by atoms with Gasteiger partial charge in [0, 0.05) is 19.0 Å². The minimum Gasteiger partial charge on any atom is -0.462 e. The van der Waals surface area contributed by atoms with Crippen LogP contribution in [-0.4, -0.2) is 55.9 Å². The van der Waals surface area contributed by atoms with Crippen molar-refractivity contribution in [3.63, 3.8) is 0 Å². The summed E-state index contributed by atoms with van der Waals surface area (Å²) in [5, 5.41) is 0. The van der Waals surface area contributed by atoms with Crippen molar-refractivity contribution in [3.8, 4) is 0 Å². The van der Waals surface area contributed by atoms with E-state index in [0.717, 1.165) is 18.2 Å². The first-order chi connectivity index (χ1) is 11.7. The second-order valence-electron chi connectivity index (χ2n) is 5.92. The summed E-state index contributed by atoms with van der Waals surface area (Å²) in [7, 11) is -3.84. The smallest absolute Gasteiger partial charge is 0.341 e. The van der Waals surface area contributed by atoms with Crippen molar-refractivity contribution in [1.82, 2.24) is 4.31 Å². The van der Waals surface area contributed by atoms with Crippen LogP contribution in [0.3, 0.4) is 0 Å². The monoisotopic (exact) mass is 411 g/mol. The van der Waals surface area contributed by atoms with Crippen molar-refractivity contribution in [2.75, 3.05) is 32.9 Å². The van der Waals surface area contributed by atoms with Gasteiger partial charge in [0.15, 0.2) is 0 Å².